The van der Waals surface area contributed by atoms with E-state index >= 15 is 0 Å². The normalized spacial score (nSPS) is 37.5. The van der Waals surface area contributed by atoms with E-state index < -0.39 is 34.7 Å². The average Bonchev–Trinajstić information content (AvgIpc) is 2.81. The van der Waals surface area contributed by atoms with E-state index in [1.54, 1.807) is 27.7 Å². The maximum atomic E-state index is 13.3. The lowest BCUT2D eigenvalue weighted by molar-refractivity contribution is -0.273. The van der Waals surface area contributed by atoms with E-state index in [1.807, 2.05) is 13.8 Å². The zero-order valence-corrected chi connectivity index (χ0v) is 16.4. The van der Waals surface area contributed by atoms with Crippen LogP contribution in [-0.2, 0) is 19.0 Å². The van der Waals surface area contributed by atoms with Gasteiger partial charge in [-0.15, -0.1) is 5.01 Å². The summed E-state index contributed by atoms with van der Waals surface area (Å²) in [5.74, 6) is -1.12. The van der Waals surface area contributed by atoms with Crippen LogP contribution in [0.2, 0.25) is 0 Å². The SMILES string of the molecule is CC(C)OC(=O)N1N=C(OC(C)C)O[C@]12C(=O)[C@](C)(O)[C@@H]1C[C@H]2C1(C)C. The molecule has 1 heterocycles. The summed E-state index contributed by atoms with van der Waals surface area (Å²) in [4.78, 5) is 26.0. The molecule has 4 atom stereocenters. The summed E-state index contributed by atoms with van der Waals surface area (Å²) in [7, 11) is 0. The highest BCUT2D eigenvalue weighted by atomic mass is 16.7. The van der Waals surface area contributed by atoms with Crippen LogP contribution < -0.4 is 0 Å². The maximum absolute atomic E-state index is 13.3. The van der Waals surface area contributed by atoms with Gasteiger partial charge < -0.3 is 19.3 Å². The Morgan fingerprint density at radius 1 is 1.23 bits per heavy atom. The molecule has 4 rings (SSSR count). The summed E-state index contributed by atoms with van der Waals surface area (Å²) in [6, 6.07) is 0. The third-order valence-corrected chi connectivity index (χ3v) is 5.79. The predicted octanol–water partition coefficient (Wildman–Crippen LogP) is 2.25. The minimum atomic E-state index is -1.75. The molecule has 1 spiro atoms. The maximum Gasteiger partial charge on any atom is 0.434 e. The molecular weight excluding hydrogens is 340 g/mol. The first-order valence-corrected chi connectivity index (χ1v) is 9.07. The molecule has 146 valence electrons. The van der Waals surface area contributed by atoms with Crippen molar-refractivity contribution in [3.05, 3.63) is 0 Å². The van der Waals surface area contributed by atoms with Crippen molar-refractivity contribution < 1.29 is 28.9 Å². The molecule has 0 unspecified atom stereocenters. The minimum Gasteiger partial charge on any atom is -0.447 e. The molecule has 0 radical (unpaired) electrons. The van der Waals surface area contributed by atoms with Crippen molar-refractivity contribution in [2.24, 2.45) is 22.4 Å². The first-order chi connectivity index (χ1) is 11.8. The van der Waals surface area contributed by atoms with Gasteiger partial charge in [0.1, 0.15) is 5.60 Å². The van der Waals surface area contributed by atoms with Gasteiger partial charge in [0.25, 0.3) is 5.72 Å². The van der Waals surface area contributed by atoms with Crippen LogP contribution in [0.15, 0.2) is 5.10 Å². The fourth-order valence-electron chi connectivity index (χ4n) is 4.61. The fraction of sp³-hybridized carbons (Fsp3) is 0.833. The van der Waals surface area contributed by atoms with Gasteiger partial charge >= 0.3 is 12.2 Å². The van der Waals surface area contributed by atoms with Gasteiger partial charge in [0.2, 0.25) is 5.78 Å². The van der Waals surface area contributed by atoms with Gasteiger partial charge in [-0.3, -0.25) is 4.79 Å². The standard InChI is InChI=1S/C18H28N2O6/c1-9(2)24-14-19-20(15(22)25-10(3)4)18(26-14)12-8-11(16(12,5)6)17(7,23)13(18)21/h9-12,23H,8H2,1-7H3/t11-,12+,17-,18-/m1/s1. The highest BCUT2D eigenvalue weighted by Crippen LogP contribution is 2.67. The molecule has 3 fully saturated rings. The number of hydrogen-bond donors (Lipinski definition) is 1. The molecule has 8 heteroatoms. The van der Waals surface area contributed by atoms with Crippen LogP contribution in [0.5, 0.6) is 0 Å². The molecule has 3 aliphatic carbocycles. The second-order valence-electron chi connectivity index (χ2n) is 8.71. The van der Waals surface area contributed by atoms with Crippen molar-refractivity contribution in [2.45, 2.75) is 78.4 Å². The van der Waals surface area contributed by atoms with Gasteiger partial charge in [-0.05, 0) is 46.5 Å². The molecule has 2 bridgehead atoms. The van der Waals surface area contributed by atoms with E-state index in [0.29, 0.717) is 6.42 Å². The number of hydrazone groups is 1. The van der Waals surface area contributed by atoms with E-state index in [0.717, 1.165) is 5.01 Å². The average molecular weight is 368 g/mol. The third-order valence-electron chi connectivity index (χ3n) is 5.79. The monoisotopic (exact) mass is 368 g/mol. The highest BCUT2D eigenvalue weighted by molar-refractivity contribution is 6.01. The van der Waals surface area contributed by atoms with Crippen molar-refractivity contribution in [3.8, 4) is 0 Å². The third kappa shape index (κ3) is 2.34. The number of hydrogen-bond acceptors (Lipinski definition) is 7. The summed E-state index contributed by atoms with van der Waals surface area (Å²) in [5.41, 5.74) is -3.81. The lowest BCUT2D eigenvalue weighted by atomic mass is 9.41. The number of aliphatic hydroxyl groups is 1. The summed E-state index contributed by atoms with van der Waals surface area (Å²) in [5, 5.41) is 16.0. The number of Topliss-reactive ketones (excluding diaryl/α,β-unsaturated/α-hetero) is 1. The largest absolute Gasteiger partial charge is 0.447 e. The Labute approximate surface area is 153 Å². The first-order valence-electron chi connectivity index (χ1n) is 9.07. The molecule has 0 aromatic carbocycles. The molecule has 0 aromatic heterocycles. The molecule has 4 aliphatic rings. The lowest BCUT2D eigenvalue weighted by Gasteiger charge is -2.66. The summed E-state index contributed by atoms with van der Waals surface area (Å²) in [6.07, 6.45) is -1.07. The number of carbonyl (C=O) groups excluding carboxylic acids is 2. The Bertz CT molecular complexity index is 669. The van der Waals surface area contributed by atoms with Gasteiger partial charge in [-0.1, -0.05) is 18.9 Å². The van der Waals surface area contributed by atoms with Gasteiger partial charge in [0.15, 0.2) is 0 Å². The van der Waals surface area contributed by atoms with Crippen molar-refractivity contribution in [1.82, 2.24) is 5.01 Å². The van der Waals surface area contributed by atoms with Crippen LogP contribution in [-0.4, -0.2) is 51.6 Å². The lowest BCUT2D eigenvalue weighted by Crippen LogP contribution is -2.80. The van der Waals surface area contributed by atoms with Crippen LogP contribution in [0.25, 0.3) is 0 Å². The number of carbonyl (C=O) groups is 2. The first kappa shape index (κ1) is 18.9. The van der Waals surface area contributed by atoms with Crippen molar-refractivity contribution in [2.75, 3.05) is 0 Å². The molecule has 8 nitrogen and oxygen atoms in total. The second kappa shape index (κ2) is 5.58. The molecule has 1 aliphatic heterocycles. The summed E-state index contributed by atoms with van der Waals surface area (Å²) in [6.45, 7) is 12.4. The van der Waals surface area contributed by atoms with Crippen LogP contribution in [0.3, 0.4) is 0 Å². The smallest absolute Gasteiger partial charge is 0.434 e. The van der Waals surface area contributed by atoms with Crippen LogP contribution in [0, 0.1) is 17.3 Å². The fourth-order valence-corrected chi connectivity index (χ4v) is 4.61. The Hall–Kier alpha value is -1.83. The molecular formula is C18H28N2O6. The van der Waals surface area contributed by atoms with E-state index in [2.05, 4.69) is 5.10 Å². The number of amides is 1. The Morgan fingerprint density at radius 3 is 2.35 bits per heavy atom. The number of ketones is 1. The molecule has 1 N–H and O–H groups in total. The van der Waals surface area contributed by atoms with Crippen molar-refractivity contribution in [3.63, 3.8) is 0 Å². The van der Waals surface area contributed by atoms with E-state index in [4.69, 9.17) is 14.2 Å². The van der Waals surface area contributed by atoms with Crippen LogP contribution in [0.1, 0.15) is 54.9 Å². The van der Waals surface area contributed by atoms with Gasteiger partial charge in [0, 0.05) is 11.8 Å². The zero-order valence-electron chi connectivity index (χ0n) is 16.4. The molecule has 3 saturated carbocycles. The van der Waals surface area contributed by atoms with Gasteiger partial charge in [-0.25, -0.2) is 4.79 Å². The molecule has 1 amide bonds. The minimum absolute atomic E-state index is 0.161. The Morgan fingerprint density at radius 2 is 1.85 bits per heavy atom. The van der Waals surface area contributed by atoms with E-state index in [9.17, 15) is 14.7 Å². The van der Waals surface area contributed by atoms with Gasteiger partial charge in [0.05, 0.1) is 12.2 Å². The van der Waals surface area contributed by atoms with Crippen molar-refractivity contribution >= 4 is 18.0 Å². The highest BCUT2D eigenvalue weighted by Gasteiger charge is 2.79. The summed E-state index contributed by atoms with van der Waals surface area (Å²) < 4.78 is 16.7. The Balaban J connectivity index is 2.07. The zero-order chi connectivity index (χ0) is 19.7. The van der Waals surface area contributed by atoms with E-state index in [-0.39, 0.29) is 24.0 Å². The quantitative estimate of drug-likeness (QED) is 0.803. The number of rotatable bonds is 2. The molecule has 0 saturated heterocycles. The molecule has 0 aromatic rings. The Kier molecular flexibility index (Phi) is 4.07. The van der Waals surface area contributed by atoms with Gasteiger partial charge in [-0.2, -0.15) is 0 Å². The molecule has 26 heavy (non-hydrogen) atoms. The number of ether oxygens (including phenoxy) is 3. The van der Waals surface area contributed by atoms with Crippen molar-refractivity contribution in [1.29, 1.82) is 0 Å². The number of fused-ring (bicyclic) bond motifs is 1. The van der Waals surface area contributed by atoms with Crippen LogP contribution in [0.4, 0.5) is 4.79 Å². The predicted molar refractivity (Wildman–Crippen MR) is 91.9 cm³/mol. The van der Waals surface area contributed by atoms with Crippen LogP contribution >= 0.6 is 0 Å². The second-order valence-corrected chi connectivity index (χ2v) is 8.71. The van der Waals surface area contributed by atoms with E-state index in [1.165, 1.54) is 6.92 Å². The topological polar surface area (TPSA) is 97.7 Å². The number of nitrogens with zero attached hydrogens (tertiary/aromatic N) is 2. The summed E-state index contributed by atoms with van der Waals surface area (Å²) >= 11 is 0.